The Morgan fingerprint density at radius 1 is 0.288 bits per heavy atom. The number of para-hydroxylation sites is 2. The third-order valence-electron chi connectivity index (χ3n) is 15.0. The molecule has 73 heavy (non-hydrogen) atoms. The van der Waals surface area contributed by atoms with E-state index in [1.807, 2.05) is 0 Å². The number of hydrogen-bond acceptors (Lipinski definition) is 2. The van der Waals surface area contributed by atoms with Crippen LogP contribution in [0.25, 0.3) is 0 Å². The van der Waals surface area contributed by atoms with E-state index >= 15 is 0 Å². The molecular formula is C70H116N2Pd. The van der Waals surface area contributed by atoms with E-state index in [4.69, 9.17) is 9.98 Å². The Labute approximate surface area is 469 Å². The minimum atomic E-state index is 0. The predicted molar refractivity (Wildman–Crippen MR) is 325 cm³/mol. The second-order valence-electron chi connectivity index (χ2n) is 21.8. The Kier molecular flexibility index (Phi) is 51.1. The molecule has 2 aromatic carbocycles. The summed E-state index contributed by atoms with van der Waals surface area (Å²) >= 11 is 0. The van der Waals surface area contributed by atoms with Gasteiger partial charge in [0.25, 0.3) is 0 Å². The van der Waals surface area contributed by atoms with Crippen molar-refractivity contribution in [3.05, 3.63) is 59.7 Å². The molecule has 0 spiro atoms. The van der Waals surface area contributed by atoms with Crippen molar-refractivity contribution in [2.45, 2.75) is 336 Å². The van der Waals surface area contributed by atoms with Crippen LogP contribution in [0.3, 0.4) is 0 Å². The summed E-state index contributed by atoms with van der Waals surface area (Å²) in [4.78, 5) is 11.1. The predicted octanol–water partition coefficient (Wildman–Crippen LogP) is 23.6. The average Bonchev–Trinajstić information content (AvgIpc) is 3.40. The first-order valence-corrected chi connectivity index (χ1v) is 32.0. The average molecular weight is 1090 g/mol. The number of nitrogens with zero attached hydrogens (tertiary/aromatic N) is 2. The van der Waals surface area contributed by atoms with E-state index in [1.54, 1.807) is 0 Å². The van der Waals surface area contributed by atoms with Gasteiger partial charge < -0.3 is 0 Å². The van der Waals surface area contributed by atoms with Crippen molar-refractivity contribution >= 4 is 22.8 Å². The maximum absolute atomic E-state index is 5.55. The second kappa shape index (κ2) is 54.4. The number of unbranched alkanes of at least 4 members (excludes halogenated alkanes) is 38. The van der Waals surface area contributed by atoms with Crippen molar-refractivity contribution in [3.63, 3.8) is 0 Å². The van der Waals surface area contributed by atoms with E-state index in [2.05, 4.69) is 99.9 Å². The van der Waals surface area contributed by atoms with Crippen LogP contribution in [-0.4, -0.2) is 11.4 Å². The zero-order valence-corrected chi connectivity index (χ0v) is 50.3. The molecule has 0 aliphatic carbocycles. The monoisotopic (exact) mass is 1090 g/mol. The van der Waals surface area contributed by atoms with Crippen LogP contribution >= 0.6 is 0 Å². The Balaban J connectivity index is 0.0000266. The van der Waals surface area contributed by atoms with E-state index in [0.29, 0.717) is 0 Å². The van der Waals surface area contributed by atoms with Crippen LogP contribution in [0.15, 0.2) is 58.5 Å². The minimum Gasteiger partial charge on any atom is -0.251 e. The van der Waals surface area contributed by atoms with Crippen molar-refractivity contribution in [3.8, 4) is 23.7 Å². The summed E-state index contributed by atoms with van der Waals surface area (Å²) in [5.74, 6) is 14.1. The van der Waals surface area contributed by atoms with Crippen molar-refractivity contribution in [1.82, 2.24) is 0 Å². The Hall–Kier alpha value is -2.44. The van der Waals surface area contributed by atoms with Crippen molar-refractivity contribution in [2.75, 3.05) is 0 Å². The van der Waals surface area contributed by atoms with Crippen LogP contribution in [0, 0.1) is 23.7 Å². The molecule has 0 amide bonds. The molecule has 0 atom stereocenters. The molecule has 0 fully saturated rings. The maximum Gasteiger partial charge on any atom is 0.0666 e. The molecule has 0 aromatic heterocycles. The van der Waals surface area contributed by atoms with Crippen LogP contribution in [0.2, 0.25) is 0 Å². The number of rotatable bonds is 49. The van der Waals surface area contributed by atoms with E-state index in [0.717, 1.165) is 82.0 Å². The number of benzene rings is 2. The Morgan fingerprint density at radius 3 is 0.849 bits per heavy atom. The third kappa shape index (κ3) is 41.4. The van der Waals surface area contributed by atoms with Crippen molar-refractivity contribution < 1.29 is 20.4 Å². The summed E-state index contributed by atoms with van der Waals surface area (Å²) in [5, 5.41) is 0. The molecule has 0 aliphatic heterocycles. The molecule has 2 nitrogen and oxygen atoms in total. The van der Waals surface area contributed by atoms with Gasteiger partial charge in [0, 0.05) is 46.1 Å². The van der Waals surface area contributed by atoms with E-state index in [1.165, 1.54) is 260 Å². The standard InChI is InChI=1S/C70H116N2.Pd/c1-5-9-13-16-19-21-23-25-27-29-31-33-35-37-39-41-43-45-47-50-57-65-59-53-55-62-67(65)71-69(61-12-8-4)70(64-52-49-18-15-11-7-3)72-68-63-56-54-60-66(68)58-51-48-46-44-42-40-38-36-34-32-30-28-26-24-22-20-17-14-10-6-2;/h53-56,59-60,62-63H,5-44,49-52,57-58,61,64H2,1-4H3;. The Bertz CT molecular complexity index is 1700. The summed E-state index contributed by atoms with van der Waals surface area (Å²) in [6.45, 7) is 9.21. The van der Waals surface area contributed by atoms with Gasteiger partial charge in [0.2, 0.25) is 0 Å². The molecule has 0 heterocycles. The fourth-order valence-corrected chi connectivity index (χ4v) is 10.2. The van der Waals surface area contributed by atoms with Crippen LogP contribution in [-0.2, 0) is 33.3 Å². The van der Waals surface area contributed by atoms with Gasteiger partial charge in [0.1, 0.15) is 0 Å². The summed E-state index contributed by atoms with van der Waals surface area (Å²) in [6, 6.07) is 17.7. The normalized spacial score (nSPS) is 11.6. The largest absolute Gasteiger partial charge is 0.251 e. The molecule has 0 unspecified atom stereocenters. The Morgan fingerprint density at radius 2 is 0.534 bits per heavy atom. The summed E-state index contributed by atoms with van der Waals surface area (Å²) in [5.41, 5.74) is 7.20. The molecular weight excluding hydrogens is 975 g/mol. The quantitative estimate of drug-likeness (QED) is 0.0273. The summed E-state index contributed by atoms with van der Waals surface area (Å²) < 4.78 is 0. The van der Waals surface area contributed by atoms with Crippen LogP contribution in [0.1, 0.15) is 334 Å². The van der Waals surface area contributed by atoms with Gasteiger partial charge >= 0.3 is 0 Å². The van der Waals surface area contributed by atoms with E-state index in [-0.39, 0.29) is 20.4 Å². The smallest absolute Gasteiger partial charge is 0.0666 e. The van der Waals surface area contributed by atoms with Crippen molar-refractivity contribution in [2.24, 2.45) is 9.98 Å². The number of aryl methyl sites for hydroxylation is 2. The topological polar surface area (TPSA) is 24.7 Å². The SMILES string of the molecule is CCCCCCCCCCCCCCCCCCC#CCCc1ccccc1N=C(CCCC)C(CCCCCCCC)=Nc1ccccc1CCC#CCCCCCCCCCCCCCCCCCC.[Pd]. The molecule has 416 valence electrons. The van der Waals surface area contributed by atoms with E-state index < -0.39 is 0 Å². The first-order valence-electron chi connectivity index (χ1n) is 32.0. The van der Waals surface area contributed by atoms with E-state index in [9.17, 15) is 0 Å². The van der Waals surface area contributed by atoms with Gasteiger partial charge in [-0.25, -0.2) is 0 Å². The molecule has 0 N–H and O–H groups in total. The summed E-state index contributed by atoms with van der Waals surface area (Å²) in [6.07, 6.45) is 62.7. The molecule has 2 aromatic rings. The number of hydrogen-bond donors (Lipinski definition) is 0. The molecule has 0 bridgehead atoms. The minimum absolute atomic E-state index is 0. The summed E-state index contributed by atoms with van der Waals surface area (Å²) in [7, 11) is 0. The molecule has 2 rings (SSSR count). The van der Waals surface area contributed by atoms with Gasteiger partial charge in [0.15, 0.2) is 0 Å². The molecule has 0 saturated heterocycles. The fourth-order valence-electron chi connectivity index (χ4n) is 10.2. The van der Waals surface area contributed by atoms with Gasteiger partial charge in [-0.05, 0) is 74.6 Å². The van der Waals surface area contributed by atoms with Gasteiger partial charge in [-0.3, -0.25) is 9.98 Å². The third-order valence-corrected chi connectivity index (χ3v) is 15.0. The van der Waals surface area contributed by atoms with Crippen LogP contribution in [0.4, 0.5) is 11.4 Å². The first-order chi connectivity index (χ1) is 35.7. The second-order valence-corrected chi connectivity index (χ2v) is 21.8. The molecule has 3 heteroatoms. The molecule has 0 aliphatic rings. The number of aliphatic imine (C=N–C) groups is 2. The van der Waals surface area contributed by atoms with Crippen LogP contribution in [0.5, 0.6) is 0 Å². The molecule has 0 saturated carbocycles. The van der Waals surface area contributed by atoms with Gasteiger partial charge in [-0.15, -0.1) is 23.7 Å². The fraction of sp³-hybridized carbons (Fsp3) is 0.743. The van der Waals surface area contributed by atoms with Gasteiger partial charge in [0.05, 0.1) is 22.8 Å². The molecule has 0 radical (unpaired) electrons. The zero-order valence-electron chi connectivity index (χ0n) is 48.8. The maximum atomic E-state index is 5.55. The van der Waals surface area contributed by atoms with Gasteiger partial charge in [-0.2, -0.15) is 0 Å². The zero-order chi connectivity index (χ0) is 51.3. The van der Waals surface area contributed by atoms with Crippen LogP contribution < -0.4 is 0 Å². The first kappa shape index (κ1) is 68.6. The van der Waals surface area contributed by atoms with Gasteiger partial charge in [-0.1, -0.05) is 295 Å². The van der Waals surface area contributed by atoms with Crippen molar-refractivity contribution in [1.29, 1.82) is 0 Å².